The van der Waals surface area contributed by atoms with Crippen molar-refractivity contribution in [3.05, 3.63) is 0 Å². The van der Waals surface area contributed by atoms with Gasteiger partial charge in [-0.2, -0.15) is 0 Å². The molecule has 12 heavy (non-hydrogen) atoms. The van der Waals surface area contributed by atoms with Crippen molar-refractivity contribution in [1.29, 1.82) is 0 Å². The molecule has 0 aromatic carbocycles. The molecule has 3 unspecified atom stereocenters. The van der Waals surface area contributed by atoms with Gasteiger partial charge in [0.05, 0.1) is 24.9 Å². The van der Waals surface area contributed by atoms with E-state index in [9.17, 15) is 10.2 Å². The van der Waals surface area contributed by atoms with Crippen LogP contribution in [-0.4, -0.2) is 46.2 Å². The summed E-state index contributed by atoms with van der Waals surface area (Å²) in [6.07, 6.45) is 0.225. The molecule has 0 aromatic rings. The summed E-state index contributed by atoms with van der Waals surface area (Å²) in [5.41, 5.74) is 0. The summed E-state index contributed by atoms with van der Waals surface area (Å²) in [4.78, 5) is 0. The second-order valence-corrected chi connectivity index (χ2v) is 3.33. The minimum absolute atomic E-state index is 0.0675. The number of rotatable bonds is 3. The summed E-state index contributed by atoms with van der Waals surface area (Å²) in [5.74, 6) is 0. The van der Waals surface area contributed by atoms with Crippen LogP contribution in [0.2, 0.25) is 0 Å². The van der Waals surface area contributed by atoms with Gasteiger partial charge >= 0.3 is 0 Å². The Morgan fingerprint density at radius 1 is 1.17 bits per heavy atom. The van der Waals surface area contributed by atoms with Gasteiger partial charge in [0.15, 0.2) is 0 Å². The van der Waals surface area contributed by atoms with Gasteiger partial charge in [0.25, 0.3) is 0 Å². The summed E-state index contributed by atoms with van der Waals surface area (Å²) in [6.45, 7) is 1.89. The van der Waals surface area contributed by atoms with Crippen molar-refractivity contribution in [2.24, 2.45) is 0 Å². The first-order valence-electron chi connectivity index (χ1n) is 4.43. The highest BCUT2D eigenvalue weighted by Crippen LogP contribution is 2.17. The van der Waals surface area contributed by atoms with E-state index in [-0.39, 0.29) is 18.7 Å². The van der Waals surface area contributed by atoms with Crippen LogP contribution >= 0.6 is 0 Å². The molecule has 1 heterocycles. The minimum atomic E-state index is -0.827. The summed E-state index contributed by atoms with van der Waals surface area (Å²) < 4.78 is 0. The molecule has 4 N–H and O–H groups in total. The molecule has 4 heteroatoms. The average molecular weight is 175 g/mol. The van der Waals surface area contributed by atoms with Gasteiger partial charge in [0.1, 0.15) is 0 Å². The van der Waals surface area contributed by atoms with Crippen LogP contribution < -0.4 is 5.32 Å². The lowest BCUT2D eigenvalue weighted by molar-refractivity contribution is 0.0188. The van der Waals surface area contributed by atoms with E-state index in [1.165, 1.54) is 0 Å². The van der Waals surface area contributed by atoms with Crippen LogP contribution in [0.4, 0.5) is 0 Å². The first kappa shape index (κ1) is 9.92. The number of aliphatic hydroxyl groups excluding tert-OH is 3. The van der Waals surface area contributed by atoms with Crippen LogP contribution in [0.3, 0.4) is 0 Å². The van der Waals surface area contributed by atoms with E-state index in [2.05, 4.69) is 5.32 Å². The monoisotopic (exact) mass is 175 g/mol. The van der Waals surface area contributed by atoms with Crippen molar-refractivity contribution in [3.63, 3.8) is 0 Å². The predicted octanol–water partition coefficient (Wildman–Crippen LogP) is -1.16. The maximum absolute atomic E-state index is 9.47. The average Bonchev–Trinajstić information content (AvgIpc) is 2.33. The van der Waals surface area contributed by atoms with Crippen molar-refractivity contribution >= 4 is 0 Å². The fourth-order valence-corrected chi connectivity index (χ4v) is 1.67. The first-order valence-corrected chi connectivity index (χ1v) is 4.43. The van der Waals surface area contributed by atoms with Gasteiger partial charge in [-0.3, -0.25) is 0 Å². The molecule has 0 saturated carbocycles. The van der Waals surface area contributed by atoms with Crippen LogP contribution in [0, 0.1) is 0 Å². The van der Waals surface area contributed by atoms with E-state index in [0.717, 1.165) is 12.8 Å². The fraction of sp³-hybridized carbons (Fsp3) is 1.00. The Morgan fingerprint density at radius 3 is 2.17 bits per heavy atom. The second kappa shape index (κ2) is 4.18. The van der Waals surface area contributed by atoms with Crippen LogP contribution in [0.1, 0.15) is 19.8 Å². The highest BCUT2D eigenvalue weighted by Gasteiger charge is 2.39. The van der Waals surface area contributed by atoms with Crippen molar-refractivity contribution in [2.75, 3.05) is 6.61 Å². The van der Waals surface area contributed by atoms with Crippen molar-refractivity contribution in [3.8, 4) is 0 Å². The SMILES string of the molecule is CCCC1NC(CO)[C@H](O)C1O. The lowest BCUT2D eigenvalue weighted by Crippen LogP contribution is -2.36. The van der Waals surface area contributed by atoms with E-state index >= 15 is 0 Å². The Labute approximate surface area is 72.2 Å². The normalized spacial score (nSPS) is 42.0. The Bertz CT molecular complexity index is 142. The van der Waals surface area contributed by atoms with E-state index in [0.29, 0.717) is 0 Å². The van der Waals surface area contributed by atoms with Gasteiger partial charge in [-0.1, -0.05) is 13.3 Å². The molecule has 0 aromatic heterocycles. The molecule has 72 valence electrons. The van der Waals surface area contributed by atoms with Crippen LogP contribution in [-0.2, 0) is 0 Å². The van der Waals surface area contributed by atoms with E-state index in [1.807, 2.05) is 6.92 Å². The summed E-state index contributed by atoms with van der Waals surface area (Å²) >= 11 is 0. The first-order chi connectivity index (χ1) is 5.70. The van der Waals surface area contributed by atoms with Crippen molar-refractivity contribution in [1.82, 2.24) is 5.32 Å². The topological polar surface area (TPSA) is 72.7 Å². The van der Waals surface area contributed by atoms with Gasteiger partial charge < -0.3 is 20.6 Å². The maximum Gasteiger partial charge on any atom is 0.0989 e. The standard InChI is InChI=1S/C8H17NO3/c1-2-3-5-7(11)8(12)6(4-10)9-5/h5-12H,2-4H2,1H3/t5?,6?,7?,8-/m0/s1. The number of hydrogen-bond donors (Lipinski definition) is 4. The molecule has 0 radical (unpaired) electrons. The molecule has 1 saturated heterocycles. The zero-order valence-corrected chi connectivity index (χ0v) is 7.27. The molecule has 1 aliphatic heterocycles. The molecule has 0 spiro atoms. The third kappa shape index (κ3) is 1.77. The van der Waals surface area contributed by atoms with Crippen LogP contribution in [0.5, 0.6) is 0 Å². The third-order valence-electron chi connectivity index (χ3n) is 2.40. The molecule has 4 atom stereocenters. The molecule has 0 amide bonds. The maximum atomic E-state index is 9.47. The number of hydrogen-bond acceptors (Lipinski definition) is 4. The van der Waals surface area contributed by atoms with Gasteiger partial charge in [-0.25, -0.2) is 0 Å². The lowest BCUT2D eigenvalue weighted by Gasteiger charge is -2.14. The van der Waals surface area contributed by atoms with Gasteiger partial charge in [-0.05, 0) is 6.42 Å². The van der Waals surface area contributed by atoms with Crippen molar-refractivity contribution < 1.29 is 15.3 Å². The Hall–Kier alpha value is -0.160. The van der Waals surface area contributed by atoms with Crippen molar-refractivity contribution in [2.45, 2.75) is 44.1 Å². The molecule has 0 bridgehead atoms. The smallest absolute Gasteiger partial charge is 0.0989 e. The highest BCUT2D eigenvalue weighted by molar-refractivity contribution is 4.97. The molecule has 4 nitrogen and oxygen atoms in total. The van der Waals surface area contributed by atoms with E-state index in [1.54, 1.807) is 0 Å². The lowest BCUT2D eigenvalue weighted by atomic mass is 10.1. The fourth-order valence-electron chi connectivity index (χ4n) is 1.67. The molecule has 0 aliphatic carbocycles. The Kier molecular flexibility index (Phi) is 3.46. The third-order valence-corrected chi connectivity index (χ3v) is 2.40. The van der Waals surface area contributed by atoms with E-state index < -0.39 is 12.2 Å². The second-order valence-electron chi connectivity index (χ2n) is 3.33. The van der Waals surface area contributed by atoms with Crippen LogP contribution in [0.15, 0.2) is 0 Å². The zero-order chi connectivity index (χ0) is 9.14. The summed E-state index contributed by atoms with van der Waals surface area (Å²) in [7, 11) is 0. The quantitative estimate of drug-likeness (QED) is 0.436. The summed E-state index contributed by atoms with van der Waals surface area (Å²) in [5, 5.41) is 30.6. The Morgan fingerprint density at radius 2 is 1.75 bits per heavy atom. The van der Waals surface area contributed by atoms with Gasteiger partial charge in [-0.15, -0.1) is 0 Å². The summed E-state index contributed by atoms with van der Waals surface area (Å²) in [6, 6.07) is -0.432. The minimum Gasteiger partial charge on any atom is -0.395 e. The molecule has 1 rings (SSSR count). The van der Waals surface area contributed by atoms with Gasteiger partial charge in [0, 0.05) is 6.04 Å². The number of aliphatic hydroxyl groups is 3. The molecular formula is C8H17NO3. The van der Waals surface area contributed by atoms with Crippen LogP contribution in [0.25, 0.3) is 0 Å². The Balaban J connectivity index is 2.48. The molecule has 1 fully saturated rings. The predicted molar refractivity (Wildman–Crippen MR) is 44.7 cm³/mol. The zero-order valence-electron chi connectivity index (χ0n) is 7.27. The largest absolute Gasteiger partial charge is 0.395 e. The molecule has 1 aliphatic rings. The van der Waals surface area contributed by atoms with E-state index in [4.69, 9.17) is 5.11 Å². The molecular weight excluding hydrogens is 158 g/mol. The highest BCUT2D eigenvalue weighted by atomic mass is 16.3. The number of nitrogens with one attached hydrogen (secondary N) is 1. The van der Waals surface area contributed by atoms with Gasteiger partial charge in [0.2, 0.25) is 0 Å².